The number of fused-ring (bicyclic) bond motifs is 1. The van der Waals surface area contributed by atoms with Gasteiger partial charge in [0, 0.05) is 67.3 Å². The molecule has 6 heteroatoms. The van der Waals surface area contributed by atoms with E-state index in [1.54, 1.807) is 12.1 Å². The number of nitrogens with one attached hydrogen (secondary N) is 1. The molecule has 0 saturated heterocycles. The molecule has 29 heavy (non-hydrogen) atoms. The van der Waals surface area contributed by atoms with Crippen LogP contribution >= 0.6 is 0 Å². The summed E-state index contributed by atoms with van der Waals surface area (Å²) in [4.78, 5) is 10.1. The normalized spacial score (nSPS) is 15.0. The van der Waals surface area contributed by atoms with Crippen molar-refractivity contribution in [2.24, 2.45) is 7.05 Å². The highest BCUT2D eigenvalue weighted by atomic mass is 19.1. The Kier molecular flexibility index (Phi) is 4.48. The third kappa shape index (κ3) is 3.47. The summed E-state index contributed by atoms with van der Waals surface area (Å²) in [5.41, 5.74) is 6.58. The van der Waals surface area contributed by atoms with Crippen molar-refractivity contribution in [3.05, 3.63) is 78.0 Å². The minimum Gasteiger partial charge on any atom is -0.346 e. The van der Waals surface area contributed by atoms with Gasteiger partial charge < -0.3 is 4.98 Å². The molecule has 3 aromatic heterocycles. The second kappa shape index (κ2) is 7.29. The number of rotatable bonds is 4. The number of nitrogens with zero attached hydrogens (tertiary/aromatic N) is 4. The van der Waals surface area contributed by atoms with Crippen molar-refractivity contribution in [2.75, 3.05) is 13.1 Å². The summed E-state index contributed by atoms with van der Waals surface area (Å²) in [6.07, 6.45) is 9.24. The molecule has 1 N–H and O–H groups in total. The molecule has 5 nitrogen and oxygen atoms in total. The van der Waals surface area contributed by atoms with Gasteiger partial charge in [-0.2, -0.15) is 5.10 Å². The lowest BCUT2D eigenvalue weighted by Gasteiger charge is -2.26. The first-order valence-corrected chi connectivity index (χ1v) is 9.80. The van der Waals surface area contributed by atoms with E-state index in [1.807, 2.05) is 24.0 Å². The highest BCUT2D eigenvalue weighted by Gasteiger charge is 2.18. The van der Waals surface area contributed by atoms with Crippen LogP contribution in [0.4, 0.5) is 4.39 Å². The standard InChI is InChI=1S/C23H22FN5/c1-28-14-18(22(27-28)17-4-6-19(24)7-5-17)15-29-11-8-16(9-12-29)21-13-26-23-20(21)3-2-10-25-23/h2-8,10,13-14H,9,11-12,15H2,1H3,(H,25,26). The lowest BCUT2D eigenvalue weighted by molar-refractivity contribution is 0.294. The van der Waals surface area contributed by atoms with Crippen LogP contribution in [0.25, 0.3) is 27.9 Å². The number of benzene rings is 1. The summed E-state index contributed by atoms with van der Waals surface area (Å²) in [6, 6.07) is 10.7. The van der Waals surface area contributed by atoms with Gasteiger partial charge in [0.15, 0.2) is 0 Å². The van der Waals surface area contributed by atoms with Gasteiger partial charge in [0.2, 0.25) is 0 Å². The molecule has 0 fully saturated rings. The van der Waals surface area contributed by atoms with E-state index in [-0.39, 0.29) is 5.82 Å². The molecule has 0 aliphatic carbocycles. The zero-order chi connectivity index (χ0) is 19.8. The lowest BCUT2D eigenvalue weighted by Crippen LogP contribution is -2.28. The SMILES string of the molecule is Cn1cc(CN2CC=C(c3c[nH]c4ncccc34)CC2)c(-c2ccc(F)cc2)n1. The zero-order valence-electron chi connectivity index (χ0n) is 16.3. The van der Waals surface area contributed by atoms with Crippen molar-refractivity contribution in [3.63, 3.8) is 0 Å². The Morgan fingerprint density at radius 1 is 1.17 bits per heavy atom. The molecule has 0 amide bonds. The van der Waals surface area contributed by atoms with Crippen molar-refractivity contribution in [3.8, 4) is 11.3 Å². The fraction of sp³-hybridized carbons (Fsp3) is 0.217. The Hall–Kier alpha value is -3.25. The smallest absolute Gasteiger partial charge is 0.137 e. The van der Waals surface area contributed by atoms with Crippen LogP contribution in [-0.4, -0.2) is 37.7 Å². The zero-order valence-corrected chi connectivity index (χ0v) is 16.3. The summed E-state index contributed by atoms with van der Waals surface area (Å²) in [5.74, 6) is -0.229. The van der Waals surface area contributed by atoms with E-state index < -0.39 is 0 Å². The molecular weight excluding hydrogens is 365 g/mol. The van der Waals surface area contributed by atoms with Crippen molar-refractivity contribution >= 4 is 16.6 Å². The molecule has 0 unspecified atom stereocenters. The average Bonchev–Trinajstić information content (AvgIpc) is 3.33. The number of aryl methyl sites for hydroxylation is 1. The van der Waals surface area contributed by atoms with E-state index in [1.165, 1.54) is 28.7 Å². The van der Waals surface area contributed by atoms with Crippen molar-refractivity contribution in [1.82, 2.24) is 24.6 Å². The third-order valence-electron chi connectivity index (χ3n) is 5.51. The molecule has 0 bridgehead atoms. The first-order valence-electron chi connectivity index (χ1n) is 9.80. The van der Waals surface area contributed by atoms with E-state index in [0.717, 1.165) is 48.5 Å². The van der Waals surface area contributed by atoms with Crippen molar-refractivity contribution in [1.29, 1.82) is 0 Å². The first-order chi connectivity index (χ1) is 14.2. The van der Waals surface area contributed by atoms with Gasteiger partial charge in [0.05, 0.1) is 5.69 Å². The van der Waals surface area contributed by atoms with Crippen molar-refractivity contribution in [2.45, 2.75) is 13.0 Å². The van der Waals surface area contributed by atoms with E-state index in [0.29, 0.717) is 0 Å². The number of aromatic amines is 1. The Bertz CT molecular complexity index is 1190. The summed E-state index contributed by atoms with van der Waals surface area (Å²) in [6.45, 7) is 2.69. The quantitative estimate of drug-likeness (QED) is 0.565. The molecule has 0 saturated carbocycles. The third-order valence-corrected chi connectivity index (χ3v) is 5.51. The number of halogens is 1. The van der Waals surface area contributed by atoms with Gasteiger partial charge >= 0.3 is 0 Å². The molecule has 146 valence electrons. The minimum atomic E-state index is -0.229. The monoisotopic (exact) mass is 387 g/mol. The molecule has 1 aliphatic heterocycles. The molecule has 1 aromatic carbocycles. The molecule has 0 atom stereocenters. The van der Waals surface area contributed by atoms with Crippen LogP contribution in [0.3, 0.4) is 0 Å². The highest BCUT2D eigenvalue weighted by molar-refractivity contribution is 5.90. The van der Waals surface area contributed by atoms with E-state index >= 15 is 0 Å². The van der Waals surface area contributed by atoms with E-state index in [4.69, 9.17) is 0 Å². The van der Waals surface area contributed by atoms with Crippen LogP contribution in [0.1, 0.15) is 17.5 Å². The van der Waals surface area contributed by atoms with Gasteiger partial charge in [0.25, 0.3) is 0 Å². The maximum Gasteiger partial charge on any atom is 0.137 e. The summed E-state index contributed by atoms with van der Waals surface area (Å²) < 4.78 is 15.1. The number of H-pyrrole nitrogens is 1. The maximum absolute atomic E-state index is 13.3. The van der Waals surface area contributed by atoms with E-state index in [2.05, 4.69) is 44.5 Å². The summed E-state index contributed by atoms with van der Waals surface area (Å²) in [7, 11) is 1.93. The minimum absolute atomic E-state index is 0.229. The Morgan fingerprint density at radius 2 is 2.03 bits per heavy atom. The van der Waals surface area contributed by atoms with Crippen LogP contribution < -0.4 is 0 Å². The fourth-order valence-electron chi connectivity index (χ4n) is 4.07. The second-order valence-corrected chi connectivity index (χ2v) is 7.50. The fourth-order valence-corrected chi connectivity index (χ4v) is 4.07. The molecular formula is C23H22FN5. The summed E-state index contributed by atoms with van der Waals surface area (Å²) in [5, 5.41) is 5.79. The van der Waals surface area contributed by atoms with Gasteiger partial charge in [-0.3, -0.25) is 9.58 Å². The van der Waals surface area contributed by atoms with Gasteiger partial charge in [-0.15, -0.1) is 0 Å². The Balaban J connectivity index is 1.35. The lowest BCUT2D eigenvalue weighted by atomic mass is 9.99. The van der Waals surface area contributed by atoms with E-state index in [9.17, 15) is 4.39 Å². The van der Waals surface area contributed by atoms with Crippen LogP contribution in [0.15, 0.2) is 61.1 Å². The first kappa shape index (κ1) is 17.8. The molecule has 0 radical (unpaired) electrons. The van der Waals surface area contributed by atoms with Crippen LogP contribution in [0.5, 0.6) is 0 Å². The number of aromatic nitrogens is 4. The predicted octanol–water partition coefficient (Wildman–Crippen LogP) is 4.39. The number of pyridine rings is 1. The largest absolute Gasteiger partial charge is 0.346 e. The van der Waals surface area contributed by atoms with Crippen LogP contribution in [0.2, 0.25) is 0 Å². The Morgan fingerprint density at radius 3 is 2.83 bits per heavy atom. The highest BCUT2D eigenvalue weighted by Crippen LogP contribution is 2.30. The molecule has 1 aliphatic rings. The Labute approximate surface area is 168 Å². The molecule has 5 rings (SSSR count). The number of hydrogen-bond donors (Lipinski definition) is 1. The maximum atomic E-state index is 13.3. The molecule has 4 aromatic rings. The predicted molar refractivity (Wildman–Crippen MR) is 113 cm³/mol. The van der Waals surface area contributed by atoms with Crippen LogP contribution in [-0.2, 0) is 13.6 Å². The van der Waals surface area contributed by atoms with Gasteiger partial charge in [-0.05, 0) is 48.4 Å². The van der Waals surface area contributed by atoms with Crippen LogP contribution in [0, 0.1) is 5.82 Å². The average molecular weight is 387 g/mol. The topological polar surface area (TPSA) is 49.7 Å². The van der Waals surface area contributed by atoms with Gasteiger partial charge in [-0.1, -0.05) is 6.08 Å². The van der Waals surface area contributed by atoms with Gasteiger partial charge in [-0.25, -0.2) is 9.37 Å². The number of hydrogen-bond acceptors (Lipinski definition) is 3. The molecule has 0 spiro atoms. The van der Waals surface area contributed by atoms with Gasteiger partial charge in [0.1, 0.15) is 11.5 Å². The second-order valence-electron chi connectivity index (χ2n) is 7.50. The molecule has 4 heterocycles. The van der Waals surface area contributed by atoms with Crippen molar-refractivity contribution < 1.29 is 4.39 Å². The summed E-state index contributed by atoms with van der Waals surface area (Å²) >= 11 is 0.